The van der Waals surface area contributed by atoms with Crippen molar-refractivity contribution in [3.8, 4) is 0 Å². The van der Waals surface area contributed by atoms with Crippen molar-refractivity contribution in [2.24, 2.45) is 0 Å². The predicted molar refractivity (Wildman–Crippen MR) is 48.6 cm³/mol. The van der Waals surface area contributed by atoms with Gasteiger partial charge in [-0.1, -0.05) is 12.0 Å². The minimum atomic E-state index is 0.306. The molecule has 64 valence electrons. The molecular weight excluding hydrogens is 136 g/mol. The van der Waals surface area contributed by atoms with Gasteiger partial charge in [0.25, 0.3) is 0 Å². The third-order valence-electron chi connectivity index (χ3n) is 1.63. The van der Waals surface area contributed by atoms with Crippen LogP contribution in [-0.2, 0) is 4.79 Å². The van der Waals surface area contributed by atoms with Gasteiger partial charge < -0.3 is 4.79 Å². The Labute approximate surface area is 69.5 Å². The molecule has 0 saturated heterocycles. The molecule has 0 unspecified atom stereocenters. The smallest absolute Gasteiger partial charge is 0.129 e. The molecule has 0 aromatic rings. The Morgan fingerprint density at radius 1 is 1.09 bits per heavy atom. The van der Waals surface area contributed by atoms with Crippen molar-refractivity contribution in [3.05, 3.63) is 12.2 Å². The summed E-state index contributed by atoms with van der Waals surface area (Å²) in [6, 6.07) is 0. The molecule has 1 nitrogen and oxygen atoms in total. The van der Waals surface area contributed by atoms with Crippen LogP contribution < -0.4 is 0 Å². The molecule has 0 bridgehead atoms. The summed E-state index contributed by atoms with van der Waals surface area (Å²) in [5.41, 5.74) is 1.24. The molecule has 0 amide bonds. The maximum atomic E-state index is 10.5. The maximum absolute atomic E-state index is 10.5. The van der Waals surface area contributed by atoms with Gasteiger partial charge >= 0.3 is 0 Å². The summed E-state index contributed by atoms with van der Waals surface area (Å²) < 4.78 is 0. The van der Waals surface area contributed by atoms with E-state index in [-0.39, 0.29) is 0 Å². The Morgan fingerprint density at radius 2 is 1.64 bits per heavy atom. The number of hydrogen-bond acceptors (Lipinski definition) is 1. The van der Waals surface area contributed by atoms with Crippen LogP contribution in [0.3, 0.4) is 0 Å². The van der Waals surface area contributed by atoms with E-state index in [0.717, 1.165) is 25.7 Å². The summed E-state index contributed by atoms with van der Waals surface area (Å²) in [6.07, 6.45) is 5.24. The number of hydrogen-bond donors (Lipinski definition) is 0. The summed E-state index contributed by atoms with van der Waals surface area (Å²) in [5, 5.41) is 0. The molecule has 0 aliphatic carbocycles. The minimum Gasteiger partial charge on any atom is -0.300 e. The lowest BCUT2D eigenvalue weighted by molar-refractivity contribution is -0.117. The quantitative estimate of drug-likeness (QED) is 0.424. The van der Waals surface area contributed by atoms with Crippen LogP contribution in [0.2, 0.25) is 0 Å². The van der Waals surface area contributed by atoms with Crippen molar-refractivity contribution >= 4 is 5.78 Å². The van der Waals surface area contributed by atoms with Gasteiger partial charge in [0.1, 0.15) is 5.78 Å². The van der Waals surface area contributed by atoms with Crippen LogP contribution in [-0.4, -0.2) is 5.78 Å². The third kappa shape index (κ3) is 9.41. The molecule has 0 radical (unpaired) electrons. The second-order valence-corrected chi connectivity index (χ2v) is 3.22. The molecule has 0 heterocycles. The molecule has 0 atom stereocenters. The van der Waals surface area contributed by atoms with Crippen LogP contribution in [0.15, 0.2) is 12.2 Å². The number of ketones is 1. The van der Waals surface area contributed by atoms with Gasteiger partial charge in [0.15, 0.2) is 0 Å². The van der Waals surface area contributed by atoms with Crippen molar-refractivity contribution in [1.29, 1.82) is 0 Å². The van der Waals surface area contributed by atoms with Gasteiger partial charge in [0.05, 0.1) is 0 Å². The van der Waals surface area contributed by atoms with E-state index in [4.69, 9.17) is 0 Å². The fraction of sp³-hybridized carbons (Fsp3) is 0.700. The molecule has 0 saturated carbocycles. The van der Waals surface area contributed by atoms with Crippen LogP contribution in [0.4, 0.5) is 0 Å². The van der Waals surface area contributed by atoms with Crippen LogP contribution in [0.25, 0.3) is 0 Å². The molecule has 0 fully saturated rings. The van der Waals surface area contributed by atoms with Gasteiger partial charge in [0.2, 0.25) is 0 Å². The third-order valence-corrected chi connectivity index (χ3v) is 1.63. The van der Waals surface area contributed by atoms with E-state index in [1.54, 1.807) is 6.92 Å². The number of Topliss-reactive ketones (excluding diaryl/α,β-unsaturated/α-hetero) is 1. The number of carbonyl (C=O) groups is 1. The van der Waals surface area contributed by atoms with E-state index in [1.807, 2.05) is 6.92 Å². The van der Waals surface area contributed by atoms with Crippen molar-refractivity contribution in [3.63, 3.8) is 0 Å². The van der Waals surface area contributed by atoms with E-state index in [0.29, 0.717) is 5.78 Å². The summed E-state index contributed by atoms with van der Waals surface area (Å²) in [6.45, 7) is 7.52. The van der Waals surface area contributed by atoms with E-state index in [2.05, 4.69) is 6.58 Å². The standard InChI is InChI=1S/C10H18O/c1-9(2)7-5-4-6-8-10(3)11/h1,4-8H2,2-3H3. The van der Waals surface area contributed by atoms with Gasteiger partial charge in [-0.15, -0.1) is 6.58 Å². The fourth-order valence-electron chi connectivity index (χ4n) is 0.977. The number of carbonyl (C=O) groups excluding carboxylic acids is 1. The van der Waals surface area contributed by atoms with E-state index in [9.17, 15) is 4.79 Å². The number of unbranched alkanes of at least 4 members (excludes halogenated alkanes) is 2. The Bertz CT molecular complexity index is 120. The summed E-state index contributed by atoms with van der Waals surface area (Å²) >= 11 is 0. The lowest BCUT2D eigenvalue weighted by atomic mass is 10.1. The largest absolute Gasteiger partial charge is 0.300 e. The Balaban J connectivity index is 3.03. The fourth-order valence-corrected chi connectivity index (χ4v) is 0.977. The molecule has 0 spiro atoms. The lowest BCUT2D eigenvalue weighted by Gasteiger charge is -1.98. The molecule has 0 aromatic heterocycles. The highest BCUT2D eigenvalue weighted by Gasteiger charge is 1.93. The summed E-state index contributed by atoms with van der Waals surface area (Å²) in [5.74, 6) is 0.306. The first-order valence-corrected chi connectivity index (χ1v) is 4.26. The Kier molecular flexibility index (Phi) is 5.81. The highest BCUT2D eigenvalue weighted by Crippen LogP contribution is 2.07. The normalized spacial score (nSPS) is 9.64. The minimum absolute atomic E-state index is 0.306. The van der Waals surface area contributed by atoms with Gasteiger partial charge in [-0.2, -0.15) is 0 Å². The van der Waals surface area contributed by atoms with Crippen molar-refractivity contribution in [2.45, 2.75) is 46.0 Å². The van der Waals surface area contributed by atoms with Crippen molar-refractivity contribution in [2.75, 3.05) is 0 Å². The van der Waals surface area contributed by atoms with Crippen molar-refractivity contribution < 1.29 is 4.79 Å². The zero-order valence-electron chi connectivity index (χ0n) is 7.65. The molecule has 0 aromatic carbocycles. The topological polar surface area (TPSA) is 17.1 Å². The van der Waals surface area contributed by atoms with Crippen LogP contribution >= 0.6 is 0 Å². The van der Waals surface area contributed by atoms with E-state index >= 15 is 0 Å². The van der Waals surface area contributed by atoms with Crippen LogP contribution in [0, 0.1) is 0 Å². The van der Waals surface area contributed by atoms with Crippen LogP contribution in [0.1, 0.15) is 46.0 Å². The number of rotatable bonds is 6. The second kappa shape index (κ2) is 6.14. The highest BCUT2D eigenvalue weighted by atomic mass is 16.1. The van der Waals surface area contributed by atoms with Gasteiger partial charge in [0, 0.05) is 6.42 Å². The second-order valence-electron chi connectivity index (χ2n) is 3.22. The Morgan fingerprint density at radius 3 is 2.09 bits per heavy atom. The number of allylic oxidation sites excluding steroid dienone is 1. The molecule has 0 rings (SSSR count). The zero-order chi connectivity index (χ0) is 8.69. The monoisotopic (exact) mass is 154 g/mol. The van der Waals surface area contributed by atoms with E-state index in [1.165, 1.54) is 12.0 Å². The summed E-state index contributed by atoms with van der Waals surface area (Å²) in [7, 11) is 0. The van der Waals surface area contributed by atoms with Gasteiger partial charge in [-0.25, -0.2) is 0 Å². The molecule has 0 aliphatic rings. The first-order chi connectivity index (χ1) is 5.13. The zero-order valence-corrected chi connectivity index (χ0v) is 7.65. The maximum Gasteiger partial charge on any atom is 0.129 e. The van der Waals surface area contributed by atoms with Crippen LogP contribution in [0.5, 0.6) is 0 Å². The molecular formula is C10H18O. The predicted octanol–water partition coefficient (Wildman–Crippen LogP) is 3.10. The molecule has 0 N–H and O–H groups in total. The van der Waals surface area contributed by atoms with Gasteiger partial charge in [-0.3, -0.25) is 0 Å². The highest BCUT2D eigenvalue weighted by molar-refractivity contribution is 5.75. The SMILES string of the molecule is C=C(C)CCCCCC(C)=O. The first kappa shape index (κ1) is 10.4. The van der Waals surface area contributed by atoms with E-state index < -0.39 is 0 Å². The lowest BCUT2D eigenvalue weighted by Crippen LogP contribution is -1.89. The average Bonchev–Trinajstić information content (AvgIpc) is 1.85. The molecule has 1 heteroatoms. The van der Waals surface area contributed by atoms with Gasteiger partial charge in [-0.05, 0) is 33.1 Å². The average molecular weight is 154 g/mol. The first-order valence-electron chi connectivity index (χ1n) is 4.26. The molecule has 0 aliphatic heterocycles. The Hall–Kier alpha value is -0.590. The van der Waals surface area contributed by atoms with Crippen molar-refractivity contribution in [1.82, 2.24) is 0 Å². The molecule has 11 heavy (non-hydrogen) atoms. The summed E-state index contributed by atoms with van der Waals surface area (Å²) in [4.78, 5) is 10.5.